The van der Waals surface area contributed by atoms with Crippen LogP contribution >= 0.6 is 22.6 Å². The highest BCUT2D eigenvalue weighted by Crippen LogP contribution is 2.28. The summed E-state index contributed by atoms with van der Waals surface area (Å²) in [6.45, 7) is 4.63. The zero-order valence-corrected chi connectivity index (χ0v) is 13.6. The van der Waals surface area contributed by atoms with Gasteiger partial charge in [0.05, 0.1) is 0 Å². The summed E-state index contributed by atoms with van der Waals surface area (Å²) < 4.78 is 1.31. The topological polar surface area (TPSA) is 12.0 Å². The largest absolute Gasteiger partial charge is 0.307 e. The van der Waals surface area contributed by atoms with E-state index in [-0.39, 0.29) is 0 Å². The molecule has 0 radical (unpaired) electrons. The molecule has 1 fully saturated rings. The average Bonchev–Trinajstić information content (AvgIpc) is 2.40. The van der Waals surface area contributed by atoms with Gasteiger partial charge in [0.25, 0.3) is 0 Å². The molecule has 1 nitrogen and oxygen atoms in total. The third kappa shape index (κ3) is 3.70. The van der Waals surface area contributed by atoms with Crippen LogP contribution in [0.3, 0.4) is 0 Å². The molecule has 0 saturated heterocycles. The molecule has 2 heteroatoms. The first-order valence-corrected chi connectivity index (χ1v) is 8.30. The van der Waals surface area contributed by atoms with Crippen LogP contribution in [0, 0.1) is 9.49 Å². The Kier molecular flexibility index (Phi) is 5.49. The van der Waals surface area contributed by atoms with Gasteiger partial charge in [-0.25, -0.2) is 0 Å². The van der Waals surface area contributed by atoms with Crippen LogP contribution in [0.25, 0.3) is 0 Å². The summed E-state index contributed by atoms with van der Waals surface area (Å²) in [5.74, 6) is 0.880. The predicted octanol–water partition coefficient (Wildman–Crippen LogP) is 4.91. The van der Waals surface area contributed by atoms with Gasteiger partial charge in [-0.3, -0.25) is 0 Å². The smallest absolute Gasteiger partial charge is 0.0294 e. The number of hydrogen-bond donors (Lipinski definition) is 1. The minimum atomic E-state index is 0.471. The Labute approximate surface area is 125 Å². The second kappa shape index (κ2) is 6.90. The van der Waals surface area contributed by atoms with Crippen LogP contribution in [0.4, 0.5) is 0 Å². The average molecular weight is 357 g/mol. The monoisotopic (exact) mass is 357 g/mol. The van der Waals surface area contributed by atoms with E-state index in [4.69, 9.17) is 0 Å². The lowest BCUT2D eigenvalue weighted by atomic mass is 9.82. The van der Waals surface area contributed by atoms with Crippen LogP contribution in [-0.4, -0.2) is 6.04 Å². The number of halogens is 1. The van der Waals surface area contributed by atoms with Crippen molar-refractivity contribution in [1.29, 1.82) is 0 Å². The van der Waals surface area contributed by atoms with Gasteiger partial charge in [0.1, 0.15) is 0 Å². The third-order valence-corrected chi connectivity index (χ3v) is 4.99. The summed E-state index contributed by atoms with van der Waals surface area (Å²) in [5, 5.41) is 3.85. The molecule has 1 aliphatic carbocycles. The normalized spacial score (nSPS) is 25.9. The highest BCUT2D eigenvalue weighted by atomic mass is 127. The van der Waals surface area contributed by atoms with Crippen molar-refractivity contribution in [2.24, 2.45) is 5.92 Å². The molecule has 0 aromatic heterocycles. The Bertz CT molecular complexity index is 360. The van der Waals surface area contributed by atoms with Gasteiger partial charge in [-0.2, -0.15) is 0 Å². The molecule has 1 aromatic rings. The molecular formula is C16H24IN. The summed E-state index contributed by atoms with van der Waals surface area (Å²) in [7, 11) is 0. The summed E-state index contributed by atoms with van der Waals surface area (Å²) in [6, 6.07) is 10.1. The number of benzene rings is 1. The quantitative estimate of drug-likeness (QED) is 0.755. The molecule has 0 heterocycles. The maximum Gasteiger partial charge on any atom is 0.0294 e. The molecule has 1 N–H and O–H groups in total. The molecule has 1 saturated carbocycles. The van der Waals surface area contributed by atoms with Gasteiger partial charge in [0, 0.05) is 15.7 Å². The fourth-order valence-corrected chi connectivity index (χ4v) is 3.44. The van der Waals surface area contributed by atoms with Crippen molar-refractivity contribution < 1.29 is 0 Å². The molecule has 0 amide bonds. The minimum Gasteiger partial charge on any atom is -0.307 e. The fraction of sp³-hybridized carbons (Fsp3) is 0.625. The minimum absolute atomic E-state index is 0.471. The first kappa shape index (κ1) is 14.3. The SMILES string of the molecule is CCC1CCCCC1NC(C)c1ccc(I)cc1. The van der Waals surface area contributed by atoms with Crippen molar-refractivity contribution in [2.75, 3.05) is 0 Å². The Morgan fingerprint density at radius 2 is 1.89 bits per heavy atom. The van der Waals surface area contributed by atoms with Gasteiger partial charge in [0.2, 0.25) is 0 Å². The lowest BCUT2D eigenvalue weighted by Gasteiger charge is -2.34. The summed E-state index contributed by atoms with van der Waals surface area (Å²) in [5.41, 5.74) is 1.41. The van der Waals surface area contributed by atoms with Crippen molar-refractivity contribution in [3.8, 4) is 0 Å². The Balaban J connectivity index is 1.97. The van der Waals surface area contributed by atoms with Crippen LogP contribution < -0.4 is 5.32 Å². The van der Waals surface area contributed by atoms with Crippen LogP contribution in [0.15, 0.2) is 24.3 Å². The number of nitrogens with one attached hydrogen (secondary N) is 1. The van der Waals surface area contributed by atoms with Crippen LogP contribution in [0.2, 0.25) is 0 Å². The fourth-order valence-electron chi connectivity index (χ4n) is 3.08. The zero-order valence-electron chi connectivity index (χ0n) is 11.5. The highest BCUT2D eigenvalue weighted by molar-refractivity contribution is 14.1. The van der Waals surface area contributed by atoms with E-state index in [2.05, 4.69) is 66.0 Å². The van der Waals surface area contributed by atoms with E-state index in [0.29, 0.717) is 6.04 Å². The maximum atomic E-state index is 3.85. The maximum absolute atomic E-state index is 3.85. The molecule has 100 valence electrons. The predicted molar refractivity (Wildman–Crippen MR) is 86.7 cm³/mol. The molecule has 3 atom stereocenters. The van der Waals surface area contributed by atoms with Crippen molar-refractivity contribution >= 4 is 22.6 Å². The molecule has 0 bridgehead atoms. The third-order valence-electron chi connectivity index (χ3n) is 4.27. The van der Waals surface area contributed by atoms with Crippen molar-refractivity contribution in [2.45, 2.75) is 58.0 Å². The van der Waals surface area contributed by atoms with E-state index >= 15 is 0 Å². The Morgan fingerprint density at radius 3 is 2.56 bits per heavy atom. The van der Waals surface area contributed by atoms with E-state index in [1.807, 2.05) is 0 Å². The zero-order chi connectivity index (χ0) is 13.0. The number of hydrogen-bond acceptors (Lipinski definition) is 1. The van der Waals surface area contributed by atoms with Crippen LogP contribution in [0.5, 0.6) is 0 Å². The van der Waals surface area contributed by atoms with Gasteiger partial charge in [-0.15, -0.1) is 0 Å². The van der Waals surface area contributed by atoms with Crippen molar-refractivity contribution in [1.82, 2.24) is 5.32 Å². The second-order valence-corrected chi connectivity index (χ2v) is 6.74. The molecule has 1 aliphatic rings. The molecule has 0 aliphatic heterocycles. The lowest BCUT2D eigenvalue weighted by molar-refractivity contribution is 0.240. The van der Waals surface area contributed by atoms with Crippen molar-refractivity contribution in [3.05, 3.63) is 33.4 Å². The van der Waals surface area contributed by atoms with Gasteiger partial charge >= 0.3 is 0 Å². The summed E-state index contributed by atoms with van der Waals surface area (Å²) in [6.07, 6.45) is 6.90. The van der Waals surface area contributed by atoms with E-state index < -0.39 is 0 Å². The molecule has 18 heavy (non-hydrogen) atoms. The first-order chi connectivity index (χ1) is 8.70. The molecule has 3 unspecified atom stereocenters. The molecular weight excluding hydrogens is 333 g/mol. The first-order valence-electron chi connectivity index (χ1n) is 7.22. The van der Waals surface area contributed by atoms with Gasteiger partial charge in [0.15, 0.2) is 0 Å². The van der Waals surface area contributed by atoms with E-state index in [9.17, 15) is 0 Å². The lowest BCUT2D eigenvalue weighted by Crippen LogP contribution is -2.39. The Hall–Kier alpha value is -0.0900. The highest BCUT2D eigenvalue weighted by Gasteiger charge is 2.24. The van der Waals surface area contributed by atoms with Gasteiger partial charge < -0.3 is 5.32 Å². The van der Waals surface area contributed by atoms with Crippen LogP contribution in [-0.2, 0) is 0 Å². The number of rotatable bonds is 4. The van der Waals surface area contributed by atoms with Gasteiger partial charge in [-0.1, -0.05) is 38.3 Å². The van der Waals surface area contributed by atoms with E-state index in [0.717, 1.165) is 12.0 Å². The van der Waals surface area contributed by atoms with Crippen LogP contribution in [0.1, 0.15) is 57.6 Å². The second-order valence-electron chi connectivity index (χ2n) is 5.50. The summed E-state index contributed by atoms with van der Waals surface area (Å²) >= 11 is 2.36. The standard InChI is InChI=1S/C16H24IN/c1-3-13-6-4-5-7-16(13)18-12(2)14-8-10-15(17)11-9-14/h8-13,16,18H,3-7H2,1-2H3. The molecule has 2 rings (SSSR count). The van der Waals surface area contributed by atoms with E-state index in [1.54, 1.807) is 0 Å². The molecule has 0 spiro atoms. The molecule has 1 aromatic carbocycles. The van der Waals surface area contributed by atoms with E-state index in [1.165, 1.54) is 41.2 Å². The Morgan fingerprint density at radius 1 is 1.22 bits per heavy atom. The van der Waals surface area contributed by atoms with Gasteiger partial charge in [-0.05, 0) is 66.0 Å². The van der Waals surface area contributed by atoms with Crippen molar-refractivity contribution in [3.63, 3.8) is 0 Å². The summed E-state index contributed by atoms with van der Waals surface area (Å²) in [4.78, 5) is 0.